The fourth-order valence-corrected chi connectivity index (χ4v) is 2.96. The first-order valence-electron chi connectivity index (χ1n) is 6.34. The lowest BCUT2D eigenvalue weighted by molar-refractivity contribution is -0.118. The minimum atomic E-state index is -3.81. The summed E-state index contributed by atoms with van der Waals surface area (Å²) in [5.74, 6) is -1.14. The van der Waals surface area contributed by atoms with Crippen LogP contribution in [0.15, 0.2) is 29.2 Å². The molecule has 0 unspecified atom stereocenters. The van der Waals surface area contributed by atoms with E-state index in [9.17, 15) is 18.0 Å². The number of esters is 1. The highest BCUT2D eigenvalue weighted by molar-refractivity contribution is 7.89. The van der Waals surface area contributed by atoms with E-state index < -0.39 is 21.9 Å². The SMILES string of the molecule is COC(=O)c1ccccc1S(=O)(=O)NCCCCC(N)=O. The van der Waals surface area contributed by atoms with Crippen LogP contribution in [0.3, 0.4) is 0 Å². The number of hydrogen-bond donors (Lipinski definition) is 2. The lowest BCUT2D eigenvalue weighted by atomic mass is 10.2. The maximum atomic E-state index is 12.2. The molecule has 0 aromatic heterocycles. The number of hydrogen-bond acceptors (Lipinski definition) is 5. The van der Waals surface area contributed by atoms with Crippen molar-refractivity contribution in [1.29, 1.82) is 0 Å². The van der Waals surface area contributed by atoms with Crippen LogP contribution in [-0.2, 0) is 19.6 Å². The van der Waals surface area contributed by atoms with Crippen molar-refractivity contribution in [1.82, 2.24) is 4.72 Å². The Kier molecular flexibility index (Phi) is 6.32. The van der Waals surface area contributed by atoms with Gasteiger partial charge in [0, 0.05) is 13.0 Å². The summed E-state index contributed by atoms with van der Waals surface area (Å²) in [5, 5.41) is 0. The van der Waals surface area contributed by atoms with Crippen LogP contribution in [0.4, 0.5) is 0 Å². The first-order chi connectivity index (χ1) is 9.88. The molecule has 0 saturated heterocycles. The van der Waals surface area contributed by atoms with Crippen molar-refractivity contribution < 1.29 is 22.7 Å². The topological polar surface area (TPSA) is 116 Å². The van der Waals surface area contributed by atoms with Gasteiger partial charge in [-0.1, -0.05) is 12.1 Å². The Bertz CT molecular complexity index is 613. The molecule has 7 nitrogen and oxygen atoms in total. The third-order valence-corrected chi connectivity index (χ3v) is 4.24. The second kappa shape index (κ2) is 7.75. The molecule has 0 heterocycles. The summed E-state index contributed by atoms with van der Waals surface area (Å²) in [6.45, 7) is 0.158. The maximum Gasteiger partial charge on any atom is 0.339 e. The average molecular weight is 314 g/mol. The monoisotopic (exact) mass is 314 g/mol. The van der Waals surface area contributed by atoms with Crippen LogP contribution in [-0.4, -0.2) is 33.9 Å². The minimum Gasteiger partial charge on any atom is -0.465 e. The summed E-state index contributed by atoms with van der Waals surface area (Å²) >= 11 is 0. The predicted molar refractivity (Wildman–Crippen MR) is 76.0 cm³/mol. The molecule has 0 bridgehead atoms. The number of benzene rings is 1. The molecule has 1 aromatic carbocycles. The van der Waals surface area contributed by atoms with Crippen LogP contribution in [0, 0.1) is 0 Å². The fraction of sp³-hybridized carbons (Fsp3) is 0.385. The van der Waals surface area contributed by atoms with Gasteiger partial charge in [0.1, 0.15) is 0 Å². The van der Waals surface area contributed by atoms with E-state index in [-0.39, 0.29) is 23.4 Å². The van der Waals surface area contributed by atoms with Crippen molar-refractivity contribution >= 4 is 21.9 Å². The Balaban J connectivity index is 2.75. The zero-order chi connectivity index (χ0) is 15.9. The highest BCUT2D eigenvalue weighted by Gasteiger charge is 2.21. The number of sulfonamides is 1. The molecular weight excluding hydrogens is 296 g/mol. The molecule has 1 amide bonds. The van der Waals surface area contributed by atoms with E-state index in [2.05, 4.69) is 9.46 Å². The van der Waals surface area contributed by atoms with E-state index in [4.69, 9.17) is 5.73 Å². The third-order valence-electron chi connectivity index (χ3n) is 2.72. The molecule has 21 heavy (non-hydrogen) atoms. The number of nitrogens with two attached hydrogens (primary N) is 1. The fourth-order valence-electron chi connectivity index (χ4n) is 1.69. The van der Waals surface area contributed by atoms with Gasteiger partial charge < -0.3 is 10.5 Å². The van der Waals surface area contributed by atoms with E-state index in [1.807, 2.05) is 0 Å². The van der Waals surface area contributed by atoms with Crippen molar-refractivity contribution in [3.05, 3.63) is 29.8 Å². The van der Waals surface area contributed by atoms with Gasteiger partial charge in [-0.3, -0.25) is 4.79 Å². The highest BCUT2D eigenvalue weighted by Crippen LogP contribution is 2.16. The van der Waals surface area contributed by atoms with Crippen LogP contribution in [0.2, 0.25) is 0 Å². The molecule has 116 valence electrons. The first-order valence-corrected chi connectivity index (χ1v) is 7.82. The Hall–Kier alpha value is -1.93. The summed E-state index contributed by atoms with van der Waals surface area (Å²) in [7, 11) is -2.63. The maximum absolute atomic E-state index is 12.2. The van der Waals surface area contributed by atoms with Crippen LogP contribution < -0.4 is 10.5 Å². The molecule has 0 atom stereocenters. The standard InChI is InChI=1S/C13H18N2O5S/c1-20-13(17)10-6-2-3-7-11(10)21(18,19)15-9-5-4-8-12(14)16/h2-3,6-7,15H,4-5,8-9H2,1H3,(H2,14,16). The molecule has 0 radical (unpaired) electrons. The van der Waals surface area contributed by atoms with E-state index in [0.29, 0.717) is 12.8 Å². The molecule has 0 aliphatic carbocycles. The molecule has 0 spiro atoms. The average Bonchev–Trinajstić information content (AvgIpc) is 2.45. The van der Waals surface area contributed by atoms with Crippen LogP contribution in [0.1, 0.15) is 29.6 Å². The van der Waals surface area contributed by atoms with Crippen LogP contribution >= 0.6 is 0 Å². The Labute approximate surface area is 123 Å². The van der Waals surface area contributed by atoms with Crippen LogP contribution in [0.25, 0.3) is 0 Å². The Morgan fingerprint density at radius 1 is 1.24 bits per heavy atom. The molecule has 0 fully saturated rings. The molecule has 3 N–H and O–H groups in total. The molecular formula is C13H18N2O5S. The van der Waals surface area contributed by atoms with Gasteiger partial charge in [-0.2, -0.15) is 0 Å². The molecule has 1 aromatic rings. The van der Waals surface area contributed by atoms with E-state index in [1.165, 1.54) is 25.3 Å². The third kappa shape index (κ3) is 5.16. The zero-order valence-electron chi connectivity index (χ0n) is 11.7. The van der Waals surface area contributed by atoms with Crippen molar-refractivity contribution in [3.63, 3.8) is 0 Å². The largest absolute Gasteiger partial charge is 0.465 e. The highest BCUT2D eigenvalue weighted by atomic mass is 32.2. The number of methoxy groups -OCH3 is 1. The van der Waals surface area contributed by atoms with Gasteiger partial charge in [-0.25, -0.2) is 17.9 Å². The molecule has 8 heteroatoms. The minimum absolute atomic E-state index is 0.0235. The van der Waals surface area contributed by atoms with Gasteiger partial charge in [0.25, 0.3) is 0 Å². The van der Waals surface area contributed by atoms with E-state index in [1.54, 1.807) is 6.07 Å². The molecule has 0 aliphatic rings. The number of ether oxygens (including phenoxy) is 1. The summed E-state index contributed by atoms with van der Waals surface area (Å²) in [6, 6.07) is 5.79. The smallest absolute Gasteiger partial charge is 0.339 e. The van der Waals surface area contributed by atoms with E-state index in [0.717, 1.165) is 0 Å². The Morgan fingerprint density at radius 3 is 2.52 bits per heavy atom. The van der Waals surface area contributed by atoms with Gasteiger partial charge in [0.15, 0.2) is 0 Å². The number of rotatable bonds is 8. The van der Waals surface area contributed by atoms with Crippen molar-refractivity contribution in [2.75, 3.05) is 13.7 Å². The predicted octanol–water partition coefficient (Wildman–Crippen LogP) is 0.407. The lowest BCUT2D eigenvalue weighted by Gasteiger charge is -2.10. The van der Waals surface area contributed by atoms with Gasteiger partial charge in [0.2, 0.25) is 15.9 Å². The van der Waals surface area contributed by atoms with Gasteiger partial charge in [0.05, 0.1) is 17.6 Å². The number of unbranched alkanes of at least 4 members (excludes halogenated alkanes) is 1. The summed E-state index contributed by atoms with van der Waals surface area (Å²) in [6.07, 6.45) is 1.18. The number of amides is 1. The van der Waals surface area contributed by atoms with Crippen molar-refractivity contribution in [2.45, 2.75) is 24.2 Å². The molecule has 0 saturated carbocycles. The lowest BCUT2D eigenvalue weighted by Crippen LogP contribution is -2.27. The second-order valence-electron chi connectivity index (χ2n) is 4.31. The van der Waals surface area contributed by atoms with Crippen molar-refractivity contribution in [3.8, 4) is 0 Å². The number of primary amides is 1. The second-order valence-corrected chi connectivity index (χ2v) is 6.04. The van der Waals surface area contributed by atoms with Crippen molar-refractivity contribution in [2.24, 2.45) is 5.73 Å². The molecule has 1 rings (SSSR count). The zero-order valence-corrected chi connectivity index (χ0v) is 12.5. The normalized spacial score (nSPS) is 11.1. The van der Waals surface area contributed by atoms with Gasteiger partial charge in [-0.05, 0) is 25.0 Å². The number of carbonyl (C=O) groups excluding carboxylic acids is 2. The quantitative estimate of drug-likeness (QED) is 0.532. The summed E-state index contributed by atoms with van der Waals surface area (Å²) in [5.41, 5.74) is 4.97. The first kappa shape index (κ1) is 17.1. The number of nitrogens with one attached hydrogen (secondary N) is 1. The summed E-state index contributed by atoms with van der Waals surface area (Å²) < 4.78 is 31.3. The van der Waals surface area contributed by atoms with Crippen LogP contribution in [0.5, 0.6) is 0 Å². The summed E-state index contributed by atoms with van der Waals surface area (Å²) in [4.78, 5) is 22.0. The number of carbonyl (C=O) groups is 2. The van der Waals surface area contributed by atoms with E-state index >= 15 is 0 Å². The Morgan fingerprint density at radius 2 is 1.90 bits per heavy atom. The van der Waals surface area contributed by atoms with Gasteiger partial charge >= 0.3 is 5.97 Å². The molecule has 0 aliphatic heterocycles. The van der Waals surface area contributed by atoms with Gasteiger partial charge in [-0.15, -0.1) is 0 Å².